The van der Waals surface area contributed by atoms with Crippen LogP contribution in [0.2, 0.25) is 5.02 Å². The van der Waals surface area contributed by atoms with E-state index in [9.17, 15) is 0 Å². The first kappa shape index (κ1) is 14.0. The van der Waals surface area contributed by atoms with Crippen molar-refractivity contribution >= 4 is 29.1 Å². The molecule has 0 unspecified atom stereocenters. The van der Waals surface area contributed by atoms with Crippen LogP contribution < -0.4 is 5.73 Å². The van der Waals surface area contributed by atoms with Crippen LogP contribution in [0.1, 0.15) is 5.89 Å². The number of rotatable bonds is 4. The summed E-state index contributed by atoms with van der Waals surface area (Å²) in [5, 5.41) is 8.76. The molecule has 0 aliphatic heterocycles. The predicted octanol–water partition coefficient (Wildman–Crippen LogP) is 4.26. The summed E-state index contributed by atoms with van der Waals surface area (Å²) in [4.78, 5) is 0.899. The number of anilines is 1. The first-order valence-corrected chi connectivity index (χ1v) is 7.64. The van der Waals surface area contributed by atoms with Gasteiger partial charge in [0.25, 0.3) is 0 Å². The average molecular weight is 318 g/mol. The molecule has 2 N–H and O–H groups in total. The number of halogens is 1. The molecule has 0 aliphatic rings. The Labute approximate surface area is 131 Å². The second-order valence-corrected chi connectivity index (χ2v) is 5.77. The van der Waals surface area contributed by atoms with Crippen LogP contribution in [-0.2, 0) is 5.75 Å². The van der Waals surface area contributed by atoms with Gasteiger partial charge in [0.05, 0.1) is 10.8 Å². The van der Waals surface area contributed by atoms with Gasteiger partial charge in [-0.3, -0.25) is 0 Å². The summed E-state index contributed by atoms with van der Waals surface area (Å²) in [7, 11) is 0. The van der Waals surface area contributed by atoms with Crippen molar-refractivity contribution in [2.24, 2.45) is 0 Å². The van der Waals surface area contributed by atoms with E-state index in [1.165, 1.54) is 11.8 Å². The number of aromatic nitrogens is 2. The van der Waals surface area contributed by atoms with Gasteiger partial charge < -0.3 is 10.2 Å². The summed E-state index contributed by atoms with van der Waals surface area (Å²) < 4.78 is 5.64. The molecule has 0 radical (unpaired) electrons. The summed E-state index contributed by atoms with van der Waals surface area (Å²) in [5.74, 6) is 1.62. The highest BCUT2D eigenvalue weighted by molar-refractivity contribution is 7.98. The second kappa shape index (κ2) is 6.20. The molecule has 21 heavy (non-hydrogen) atoms. The Morgan fingerprint density at radius 2 is 1.90 bits per heavy atom. The molecule has 1 heterocycles. The van der Waals surface area contributed by atoms with Crippen molar-refractivity contribution in [1.82, 2.24) is 10.2 Å². The van der Waals surface area contributed by atoms with Gasteiger partial charge in [0.2, 0.25) is 11.8 Å². The molecule has 0 bridgehead atoms. The van der Waals surface area contributed by atoms with Crippen LogP contribution in [0.5, 0.6) is 0 Å². The average Bonchev–Trinajstić information content (AvgIpc) is 2.98. The summed E-state index contributed by atoms with van der Waals surface area (Å²) in [6.07, 6.45) is 0. The van der Waals surface area contributed by atoms with Gasteiger partial charge in [0.1, 0.15) is 0 Å². The van der Waals surface area contributed by atoms with E-state index < -0.39 is 0 Å². The van der Waals surface area contributed by atoms with Crippen LogP contribution in [0.4, 0.5) is 5.69 Å². The monoisotopic (exact) mass is 317 g/mol. The maximum Gasteiger partial charge on any atom is 0.247 e. The zero-order valence-corrected chi connectivity index (χ0v) is 12.6. The minimum atomic E-state index is 0.518. The lowest BCUT2D eigenvalue weighted by Crippen LogP contribution is -1.86. The van der Waals surface area contributed by atoms with Crippen LogP contribution in [-0.4, -0.2) is 10.2 Å². The van der Waals surface area contributed by atoms with Crippen molar-refractivity contribution in [3.8, 4) is 11.5 Å². The standard InChI is InChI=1S/C15H12ClN3OS/c16-12-7-6-11(17)8-13(12)21-9-14-18-19-15(20-14)10-4-2-1-3-5-10/h1-8H,9,17H2. The number of nitrogens with two attached hydrogens (primary N) is 1. The third-order valence-electron chi connectivity index (χ3n) is 2.79. The van der Waals surface area contributed by atoms with E-state index in [-0.39, 0.29) is 0 Å². The summed E-state index contributed by atoms with van der Waals surface area (Å²) in [6, 6.07) is 15.0. The van der Waals surface area contributed by atoms with Gasteiger partial charge in [-0.05, 0) is 30.3 Å². The van der Waals surface area contributed by atoms with Gasteiger partial charge in [-0.15, -0.1) is 22.0 Å². The topological polar surface area (TPSA) is 64.9 Å². The molecule has 6 heteroatoms. The first-order chi connectivity index (χ1) is 10.2. The third-order valence-corrected chi connectivity index (χ3v) is 4.28. The molecular weight excluding hydrogens is 306 g/mol. The van der Waals surface area contributed by atoms with E-state index in [0.29, 0.717) is 28.2 Å². The SMILES string of the molecule is Nc1ccc(Cl)c(SCc2nnc(-c3ccccc3)o2)c1. The minimum absolute atomic E-state index is 0.518. The van der Waals surface area contributed by atoms with E-state index in [1.54, 1.807) is 12.1 Å². The highest BCUT2D eigenvalue weighted by atomic mass is 35.5. The minimum Gasteiger partial charge on any atom is -0.420 e. The van der Waals surface area contributed by atoms with Crippen molar-refractivity contribution in [2.75, 3.05) is 5.73 Å². The van der Waals surface area contributed by atoms with Gasteiger partial charge in [-0.2, -0.15) is 0 Å². The molecule has 1 aromatic heterocycles. The molecule has 4 nitrogen and oxygen atoms in total. The molecule has 0 amide bonds. The Morgan fingerprint density at radius 3 is 2.71 bits per heavy atom. The number of hydrogen-bond acceptors (Lipinski definition) is 5. The lowest BCUT2D eigenvalue weighted by Gasteiger charge is -2.03. The number of nitrogen functional groups attached to an aromatic ring is 1. The maximum atomic E-state index is 6.12. The molecule has 0 spiro atoms. The molecule has 3 rings (SSSR count). The van der Waals surface area contributed by atoms with Gasteiger partial charge in [0, 0.05) is 16.1 Å². The Morgan fingerprint density at radius 1 is 1.10 bits per heavy atom. The molecule has 0 fully saturated rings. The van der Waals surface area contributed by atoms with Crippen molar-refractivity contribution in [3.63, 3.8) is 0 Å². The fraction of sp³-hybridized carbons (Fsp3) is 0.0667. The second-order valence-electron chi connectivity index (χ2n) is 4.35. The van der Waals surface area contributed by atoms with Crippen molar-refractivity contribution in [1.29, 1.82) is 0 Å². The lowest BCUT2D eigenvalue weighted by atomic mass is 10.2. The Kier molecular flexibility index (Phi) is 4.13. The third kappa shape index (κ3) is 3.37. The van der Waals surface area contributed by atoms with Crippen LogP contribution in [0.3, 0.4) is 0 Å². The fourth-order valence-corrected chi connectivity index (χ4v) is 2.88. The van der Waals surface area contributed by atoms with Crippen LogP contribution in [0.15, 0.2) is 57.8 Å². The highest BCUT2D eigenvalue weighted by Gasteiger charge is 2.09. The maximum absolute atomic E-state index is 6.12. The Bertz CT molecular complexity index is 746. The van der Waals surface area contributed by atoms with Crippen molar-refractivity contribution < 1.29 is 4.42 Å². The van der Waals surface area contributed by atoms with E-state index in [2.05, 4.69) is 10.2 Å². The molecule has 3 aromatic rings. The fourth-order valence-electron chi connectivity index (χ4n) is 1.78. The number of thioether (sulfide) groups is 1. The van der Waals surface area contributed by atoms with Gasteiger partial charge in [-0.25, -0.2) is 0 Å². The number of hydrogen-bond donors (Lipinski definition) is 1. The van der Waals surface area contributed by atoms with Crippen LogP contribution in [0, 0.1) is 0 Å². The highest BCUT2D eigenvalue weighted by Crippen LogP contribution is 2.31. The quantitative estimate of drug-likeness (QED) is 0.575. The smallest absolute Gasteiger partial charge is 0.247 e. The zero-order chi connectivity index (χ0) is 14.7. The summed E-state index contributed by atoms with van der Waals surface area (Å²) in [5.41, 5.74) is 7.34. The Balaban J connectivity index is 1.72. The van der Waals surface area contributed by atoms with E-state index in [0.717, 1.165) is 10.5 Å². The normalized spacial score (nSPS) is 10.7. The van der Waals surface area contributed by atoms with Crippen LogP contribution in [0.25, 0.3) is 11.5 Å². The summed E-state index contributed by atoms with van der Waals surface area (Å²) >= 11 is 7.64. The van der Waals surface area contributed by atoms with Gasteiger partial charge in [0.15, 0.2) is 0 Å². The number of benzene rings is 2. The number of nitrogens with zero attached hydrogens (tertiary/aromatic N) is 2. The molecule has 0 saturated carbocycles. The van der Waals surface area contributed by atoms with Gasteiger partial charge >= 0.3 is 0 Å². The molecule has 0 atom stereocenters. The molecule has 106 valence electrons. The zero-order valence-electron chi connectivity index (χ0n) is 11.0. The van der Waals surface area contributed by atoms with E-state index >= 15 is 0 Å². The van der Waals surface area contributed by atoms with Crippen LogP contribution >= 0.6 is 23.4 Å². The molecule has 2 aromatic carbocycles. The van der Waals surface area contributed by atoms with E-state index in [4.69, 9.17) is 21.8 Å². The largest absolute Gasteiger partial charge is 0.420 e. The molecule has 0 saturated heterocycles. The predicted molar refractivity (Wildman–Crippen MR) is 85.2 cm³/mol. The lowest BCUT2D eigenvalue weighted by molar-refractivity contribution is 0.528. The Hall–Kier alpha value is -1.98. The first-order valence-electron chi connectivity index (χ1n) is 6.28. The molecular formula is C15H12ClN3OS. The van der Waals surface area contributed by atoms with Crippen molar-refractivity contribution in [3.05, 3.63) is 59.4 Å². The van der Waals surface area contributed by atoms with E-state index in [1.807, 2.05) is 36.4 Å². The van der Waals surface area contributed by atoms with Crippen molar-refractivity contribution in [2.45, 2.75) is 10.6 Å². The molecule has 0 aliphatic carbocycles. The summed E-state index contributed by atoms with van der Waals surface area (Å²) in [6.45, 7) is 0. The van der Waals surface area contributed by atoms with Gasteiger partial charge in [-0.1, -0.05) is 29.8 Å².